The molecule has 1 saturated heterocycles. The molecule has 0 spiro atoms. The minimum absolute atomic E-state index is 0. The van der Waals surface area contributed by atoms with E-state index in [1.54, 1.807) is 0 Å². The van der Waals surface area contributed by atoms with Crippen molar-refractivity contribution in [1.29, 1.82) is 0 Å². The van der Waals surface area contributed by atoms with Gasteiger partial charge >= 0.3 is 0 Å². The van der Waals surface area contributed by atoms with Gasteiger partial charge in [-0.2, -0.15) is 11.8 Å². The smallest absolute Gasteiger partial charge is 0.191 e. The van der Waals surface area contributed by atoms with Gasteiger partial charge in [-0.3, -0.25) is 4.99 Å². The molecule has 1 aromatic carbocycles. The van der Waals surface area contributed by atoms with Crippen LogP contribution in [-0.4, -0.2) is 36.6 Å². The highest BCUT2D eigenvalue weighted by atomic mass is 127. The number of para-hydroxylation sites is 1. The highest BCUT2D eigenvalue weighted by molar-refractivity contribution is 14.0. The summed E-state index contributed by atoms with van der Waals surface area (Å²) in [5.74, 6) is 3.22. The van der Waals surface area contributed by atoms with E-state index in [1.807, 2.05) is 30.0 Å². The number of thioether (sulfide) groups is 1. The molecule has 1 atom stereocenters. The number of rotatable bonds is 6. The van der Waals surface area contributed by atoms with Crippen molar-refractivity contribution in [2.24, 2.45) is 4.99 Å². The third kappa shape index (κ3) is 5.58. The van der Waals surface area contributed by atoms with Crippen LogP contribution in [0.1, 0.15) is 25.5 Å². The van der Waals surface area contributed by atoms with Gasteiger partial charge in [0.25, 0.3) is 0 Å². The highest BCUT2D eigenvalue weighted by Crippen LogP contribution is 2.26. The van der Waals surface area contributed by atoms with E-state index in [1.165, 1.54) is 24.0 Å². The zero-order valence-electron chi connectivity index (χ0n) is 14.1. The molecular formula is C18H26IN3OS. The Morgan fingerprint density at radius 2 is 2.21 bits per heavy atom. The standard InChI is InChI=1S/C18H25N3OS.HI/c1-2-19-18(21-13-16-7-5-11-23-16)20-10-9-15-12-14-6-3-4-8-17(14)22-15;/h3-4,6,8,12,16H,2,5,7,9-11,13H2,1H3,(H2,19,20,21);1H. The molecule has 2 N–H and O–H groups in total. The summed E-state index contributed by atoms with van der Waals surface area (Å²) in [6, 6.07) is 10.3. The Hall–Kier alpha value is -0.890. The van der Waals surface area contributed by atoms with Crippen molar-refractivity contribution in [2.45, 2.75) is 31.4 Å². The van der Waals surface area contributed by atoms with Gasteiger partial charge in [0.05, 0.1) is 6.54 Å². The first-order valence-corrected chi connectivity index (χ1v) is 9.51. The van der Waals surface area contributed by atoms with Gasteiger partial charge in [0.2, 0.25) is 0 Å². The summed E-state index contributed by atoms with van der Waals surface area (Å²) in [6.45, 7) is 4.71. The minimum Gasteiger partial charge on any atom is -0.461 e. The third-order valence-corrected chi connectivity index (χ3v) is 5.34. The second-order valence-electron chi connectivity index (χ2n) is 5.78. The van der Waals surface area contributed by atoms with Crippen molar-refractivity contribution in [3.63, 3.8) is 0 Å². The van der Waals surface area contributed by atoms with Crippen LogP contribution in [0.2, 0.25) is 0 Å². The van der Waals surface area contributed by atoms with Crippen LogP contribution in [0.3, 0.4) is 0 Å². The number of hydrogen-bond donors (Lipinski definition) is 2. The lowest BCUT2D eigenvalue weighted by Crippen LogP contribution is -2.38. The zero-order chi connectivity index (χ0) is 15.9. The summed E-state index contributed by atoms with van der Waals surface area (Å²) in [7, 11) is 0. The molecule has 4 nitrogen and oxygen atoms in total. The lowest BCUT2D eigenvalue weighted by Gasteiger charge is -2.12. The summed E-state index contributed by atoms with van der Waals surface area (Å²) in [5, 5.41) is 8.59. The molecule has 6 heteroatoms. The molecule has 1 aliphatic heterocycles. The van der Waals surface area contributed by atoms with Crippen molar-refractivity contribution in [3.8, 4) is 0 Å². The lowest BCUT2D eigenvalue weighted by molar-refractivity contribution is 0.544. The molecule has 0 radical (unpaired) electrons. The molecule has 132 valence electrons. The molecule has 3 rings (SSSR count). The average molecular weight is 459 g/mol. The first-order valence-electron chi connectivity index (χ1n) is 8.46. The zero-order valence-corrected chi connectivity index (χ0v) is 17.2. The molecule has 1 unspecified atom stereocenters. The van der Waals surface area contributed by atoms with Crippen LogP contribution in [0.5, 0.6) is 0 Å². The third-order valence-electron chi connectivity index (χ3n) is 3.96. The normalized spacial score (nSPS) is 17.7. The van der Waals surface area contributed by atoms with E-state index < -0.39 is 0 Å². The van der Waals surface area contributed by atoms with Gasteiger partial charge in [-0.15, -0.1) is 24.0 Å². The Morgan fingerprint density at radius 3 is 2.96 bits per heavy atom. The first kappa shape index (κ1) is 19.4. The highest BCUT2D eigenvalue weighted by Gasteiger charge is 2.15. The Kier molecular flexibility index (Phi) is 8.24. The minimum atomic E-state index is 0. The largest absolute Gasteiger partial charge is 0.461 e. The first-order chi connectivity index (χ1) is 11.3. The maximum atomic E-state index is 5.85. The van der Waals surface area contributed by atoms with Crippen molar-refractivity contribution in [3.05, 3.63) is 36.1 Å². The summed E-state index contributed by atoms with van der Waals surface area (Å²) < 4.78 is 5.85. The number of nitrogens with one attached hydrogen (secondary N) is 2. The molecule has 0 aliphatic carbocycles. The van der Waals surface area contributed by atoms with Crippen molar-refractivity contribution < 1.29 is 4.42 Å². The Labute approximate surface area is 165 Å². The molecular weight excluding hydrogens is 433 g/mol. The Bertz CT molecular complexity index is 620. The number of benzene rings is 1. The number of fused-ring (bicyclic) bond motifs is 1. The maximum absolute atomic E-state index is 5.85. The van der Waals surface area contributed by atoms with Crippen LogP contribution in [0.4, 0.5) is 0 Å². The molecule has 2 aromatic rings. The van der Waals surface area contributed by atoms with E-state index in [-0.39, 0.29) is 24.0 Å². The van der Waals surface area contributed by atoms with Crippen LogP contribution in [-0.2, 0) is 6.42 Å². The number of hydrogen-bond acceptors (Lipinski definition) is 3. The second-order valence-corrected chi connectivity index (χ2v) is 7.19. The molecule has 0 bridgehead atoms. The van der Waals surface area contributed by atoms with E-state index in [9.17, 15) is 0 Å². The van der Waals surface area contributed by atoms with Gasteiger partial charge in [-0.05, 0) is 37.7 Å². The topological polar surface area (TPSA) is 49.6 Å². The average Bonchev–Trinajstić information content (AvgIpc) is 3.21. The van der Waals surface area contributed by atoms with Crippen LogP contribution >= 0.6 is 35.7 Å². The van der Waals surface area contributed by atoms with Gasteiger partial charge in [-0.1, -0.05) is 18.2 Å². The molecule has 0 saturated carbocycles. The van der Waals surface area contributed by atoms with Crippen LogP contribution < -0.4 is 10.6 Å². The van der Waals surface area contributed by atoms with E-state index in [0.29, 0.717) is 5.25 Å². The number of aliphatic imine (C=N–C) groups is 1. The van der Waals surface area contributed by atoms with E-state index in [2.05, 4.69) is 29.7 Å². The summed E-state index contributed by atoms with van der Waals surface area (Å²) >= 11 is 2.05. The summed E-state index contributed by atoms with van der Waals surface area (Å²) in [6.07, 6.45) is 3.49. The number of halogens is 1. The number of furan rings is 1. The van der Waals surface area contributed by atoms with Gasteiger partial charge in [0.1, 0.15) is 11.3 Å². The second kappa shape index (κ2) is 10.2. The summed E-state index contributed by atoms with van der Waals surface area (Å²) in [5.41, 5.74) is 0.960. The van der Waals surface area contributed by atoms with E-state index in [4.69, 9.17) is 9.41 Å². The Balaban J connectivity index is 0.00000208. The fourth-order valence-electron chi connectivity index (χ4n) is 2.79. The van der Waals surface area contributed by atoms with Crippen LogP contribution in [0.25, 0.3) is 11.0 Å². The van der Waals surface area contributed by atoms with E-state index >= 15 is 0 Å². The molecule has 24 heavy (non-hydrogen) atoms. The quantitative estimate of drug-likeness (QED) is 0.389. The molecule has 2 heterocycles. The van der Waals surface area contributed by atoms with Crippen molar-refractivity contribution >= 4 is 52.7 Å². The molecule has 1 aromatic heterocycles. The van der Waals surface area contributed by atoms with Crippen molar-refractivity contribution in [1.82, 2.24) is 10.6 Å². The van der Waals surface area contributed by atoms with Gasteiger partial charge in [-0.25, -0.2) is 0 Å². The van der Waals surface area contributed by atoms with Gasteiger partial charge in [0, 0.05) is 30.1 Å². The van der Waals surface area contributed by atoms with E-state index in [0.717, 1.165) is 43.4 Å². The Morgan fingerprint density at radius 1 is 1.33 bits per heavy atom. The van der Waals surface area contributed by atoms with Crippen LogP contribution in [0, 0.1) is 0 Å². The molecule has 0 amide bonds. The number of guanidine groups is 1. The van der Waals surface area contributed by atoms with Gasteiger partial charge in [0.15, 0.2) is 5.96 Å². The fourth-order valence-corrected chi connectivity index (χ4v) is 3.97. The molecule has 1 fully saturated rings. The van der Waals surface area contributed by atoms with Crippen molar-refractivity contribution in [2.75, 3.05) is 25.4 Å². The predicted molar refractivity (Wildman–Crippen MR) is 115 cm³/mol. The predicted octanol–water partition coefficient (Wildman–Crippen LogP) is 4.04. The van der Waals surface area contributed by atoms with Gasteiger partial charge < -0.3 is 15.1 Å². The summed E-state index contributed by atoms with van der Waals surface area (Å²) in [4.78, 5) is 4.71. The lowest BCUT2D eigenvalue weighted by atomic mass is 10.2. The molecule has 1 aliphatic rings. The maximum Gasteiger partial charge on any atom is 0.191 e. The monoisotopic (exact) mass is 459 g/mol. The SMILES string of the molecule is CCNC(=NCC1CCCS1)NCCc1cc2ccccc2o1.I. The van der Waals surface area contributed by atoms with Crippen LogP contribution in [0.15, 0.2) is 39.7 Å². The fraction of sp³-hybridized carbons (Fsp3) is 0.500. The number of nitrogens with zero attached hydrogens (tertiary/aromatic N) is 1.